The molecule has 134 valence electrons. The van der Waals surface area contributed by atoms with Crippen LogP contribution in [0.1, 0.15) is 21.8 Å². The SMILES string of the molecule is O=C(Nc1ccccc1C(F)(F)F)c1cc(NCc2ccco2)ncn1. The van der Waals surface area contributed by atoms with Crippen LogP contribution in [0.15, 0.2) is 59.5 Å². The van der Waals surface area contributed by atoms with E-state index in [-0.39, 0.29) is 11.4 Å². The van der Waals surface area contributed by atoms with Crippen molar-refractivity contribution in [2.75, 3.05) is 10.6 Å². The molecule has 9 heteroatoms. The summed E-state index contributed by atoms with van der Waals surface area (Å²) in [6, 6.07) is 9.56. The quantitative estimate of drug-likeness (QED) is 0.718. The number of hydrogen-bond donors (Lipinski definition) is 2. The van der Waals surface area contributed by atoms with Gasteiger partial charge in [-0.3, -0.25) is 4.79 Å². The average molecular weight is 362 g/mol. The van der Waals surface area contributed by atoms with Crippen LogP contribution in [0, 0.1) is 0 Å². The highest BCUT2D eigenvalue weighted by molar-refractivity contribution is 6.03. The molecule has 0 atom stereocenters. The molecule has 0 bridgehead atoms. The first-order valence-electron chi connectivity index (χ1n) is 7.49. The van der Waals surface area contributed by atoms with Gasteiger partial charge in [0.15, 0.2) is 0 Å². The summed E-state index contributed by atoms with van der Waals surface area (Å²) < 4.78 is 44.2. The lowest BCUT2D eigenvalue weighted by Gasteiger charge is -2.13. The third kappa shape index (κ3) is 4.18. The molecule has 2 N–H and O–H groups in total. The van der Waals surface area contributed by atoms with Crippen LogP contribution in [0.3, 0.4) is 0 Å². The number of alkyl halides is 3. The van der Waals surface area contributed by atoms with Gasteiger partial charge in [0.05, 0.1) is 24.1 Å². The van der Waals surface area contributed by atoms with Gasteiger partial charge in [-0.25, -0.2) is 9.97 Å². The van der Waals surface area contributed by atoms with E-state index in [9.17, 15) is 18.0 Å². The van der Waals surface area contributed by atoms with Gasteiger partial charge in [-0.15, -0.1) is 0 Å². The van der Waals surface area contributed by atoms with Crippen molar-refractivity contribution in [2.24, 2.45) is 0 Å². The number of rotatable bonds is 5. The minimum absolute atomic E-state index is 0.0704. The van der Waals surface area contributed by atoms with Crippen molar-refractivity contribution in [3.05, 3.63) is 72.1 Å². The number of halogens is 3. The van der Waals surface area contributed by atoms with E-state index in [1.807, 2.05) is 0 Å². The average Bonchev–Trinajstić information content (AvgIpc) is 3.13. The molecule has 6 nitrogen and oxygen atoms in total. The van der Waals surface area contributed by atoms with Gasteiger partial charge in [-0.2, -0.15) is 13.2 Å². The molecule has 3 rings (SSSR count). The molecule has 1 aromatic carbocycles. The zero-order chi connectivity index (χ0) is 18.6. The summed E-state index contributed by atoms with van der Waals surface area (Å²) in [5.74, 6) is 0.226. The number of carbonyl (C=O) groups excluding carboxylic acids is 1. The molecule has 0 saturated carbocycles. The molecular formula is C17H13F3N4O2. The molecule has 1 amide bonds. The van der Waals surface area contributed by atoms with Crippen molar-refractivity contribution in [1.29, 1.82) is 0 Å². The molecule has 2 heterocycles. The highest BCUT2D eigenvalue weighted by Crippen LogP contribution is 2.34. The van der Waals surface area contributed by atoms with E-state index in [1.54, 1.807) is 12.1 Å². The first kappa shape index (κ1) is 17.5. The van der Waals surface area contributed by atoms with Crippen LogP contribution in [0.4, 0.5) is 24.7 Å². The Morgan fingerprint density at radius 2 is 1.92 bits per heavy atom. The van der Waals surface area contributed by atoms with Gasteiger partial charge < -0.3 is 15.1 Å². The Labute approximate surface area is 146 Å². The number of furan rings is 1. The Balaban J connectivity index is 1.74. The maximum atomic E-state index is 13.0. The minimum atomic E-state index is -4.58. The van der Waals surface area contributed by atoms with Crippen LogP contribution >= 0.6 is 0 Å². The fraction of sp³-hybridized carbons (Fsp3) is 0.118. The Bertz CT molecular complexity index is 895. The largest absolute Gasteiger partial charge is 0.467 e. The Kier molecular flexibility index (Phi) is 4.87. The molecular weight excluding hydrogens is 349 g/mol. The van der Waals surface area contributed by atoms with Gasteiger partial charge >= 0.3 is 6.18 Å². The topological polar surface area (TPSA) is 80.0 Å². The van der Waals surface area contributed by atoms with Crippen LogP contribution < -0.4 is 10.6 Å². The second-order valence-corrected chi connectivity index (χ2v) is 5.22. The third-order valence-electron chi connectivity index (χ3n) is 3.40. The molecule has 3 aromatic rings. The molecule has 2 aromatic heterocycles. The van der Waals surface area contributed by atoms with E-state index in [1.165, 1.54) is 30.5 Å². The lowest BCUT2D eigenvalue weighted by molar-refractivity contribution is -0.136. The highest BCUT2D eigenvalue weighted by atomic mass is 19.4. The Hall–Kier alpha value is -3.36. The van der Waals surface area contributed by atoms with E-state index < -0.39 is 17.6 Å². The van der Waals surface area contributed by atoms with Crippen molar-refractivity contribution in [3.63, 3.8) is 0 Å². The van der Waals surface area contributed by atoms with Gasteiger partial charge in [-0.1, -0.05) is 12.1 Å². The smallest absolute Gasteiger partial charge is 0.418 e. The van der Waals surface area contributed by atoms with Crippen LogP contribution in [0.2, 0.25) is 0 Å². The van der Waals surface area contributed by atoms with Gasteiger partial charge in [-0.05, 0) is 24.3 Å². The summed E-state index contributed by atoms with van der Waals surface area (Å²) in [6.45, 7) is 0.335. The van der Waals surface area contributed by atoms with Crippen molar-refractivity contribution < 1.29 is 22.4 Å². The molecule has 0 radical (unpaired) electrons. The molecule has 0 aliphatic rings. The zero-order valence-corrected chi connectivity index (χ0v) is 13.2. The monoisotopic (exact) mass is 362 g/mol. The number of para-hydroxylation sites is 1. The van der Waals surface area contributed by atoms with E-state index in [4.69, 9.17) is 4.42 Å². The van der Waals surface area contributed by atoms with Crippen LogP contribution in [0.25, 0.3) is 0 Å². The number of aromatic nitrogens is 2. The van der Waals surface area contributed by atoms with Crippen molar-refractivity contribution in [1.82, 2.24) is 9.97 Å². The fourth-order valence-electron chi connectivity index (χ4n) is 2.19. The highest BCUT2D eigenvalue weighted by Gasteiger charge is 2.33. The van der Waals surface area contributed by atoms with Gasteiger partial charge in [0.2, 0.25) is 0 Å². The van der Waals surface area contributed by atoms with E-state index in [0.29, 0.717) is 18.1 Å². The zero-order valence-electron chi connectivity index (χ0n) is 13.2. The van der Waals surface area contributed by atoms with Gasteiger partial charge in [0.25, 0.3) is 5.91 Å². The fourth-order valence-corrected chi connectivity index (χ4v) is 2.19. The summed E-state index contributed by atoms with van der Waals surface area (Å²) in [7, 11) is 0. The predicted octanol–water partition coefficient (Wildman–Crippen LogP) is 3.95. The summed E-state index contributed by atoms with van der Waals surface area (Å²) in [5, 5.41) is 5.17. The van der Waals surface area contributed by atoms with E-state index in [2.05, 4.69) is 20.6 Å². The lowest BCUT2D eigenvalue weighted by atomic mass is 10.1. The maximum absolute atomic E-state index is 13.0. The number of anilines is 2. The Morgan fingerprint density at radius 1 is 1.12 bits per heavy atom. The number of amides is 1. The summed E-state index contributed by atoms with van der Waals surface area (Å²) in [5.41, 5.74) is -1.34. The molecule has 0 fully saturated rings. The summed E-state index contributed by atoms with van der Waals surface area (Å²) in [6.07, 6.45) is -1.91. The first-order chi connectivity index (χ1) is 12.4. The molecule has 0 spiro atoms. The number of hydrogen-bond acceptors (Lipinski definition) is 5. The van der Waals surface area contributed by atoms with E-state index >= 15 is 0 Å². The van der Waals surface area contributed by atoms with Crippen molar-refractivity contribution in [3.8, 4) is 0 Å². The number of nitrogens with one attached hydrogen (secondary N) is 2. The van der Waals surface area contributed by atoms with Crippen molar-refractivity contribution >= 4 is 17.4 Å². The first-order valence-corrected chi connectivity index (χ1v) is 7.49. The van der Waals surface area contributed by atoms with Gasteiger partial charge in [0, 0.05) is 6.07 Å². The normalized spacial score (nSPS) is 11.2. The number of carbonyl (C=O) groups is 1. The second kappa shape index (κ2) is 7.26. The minimum Gasteiger partial charge on any atom is -0.467 e. The van der Waals surface area contributed by atoms with Gasteiger partial charge in [0.1, 0.15) is 23.6 Å². The maximum Gasteiger partial charge on any atom is 0.418 e. The van der Waals surface area contributed by atoms with Crippen LogP contribution in [-0.4, -0.2) is 15.9 Å². The molecule has 0 aliphatic carbocycles. The second-order valence-electron chi connectivity index (χ2n) is 5.22. The lowest BCUT2D eigenvalue weighted by Crippen LogP contribution is -2.18. The third-order valence-corrected chi connectivity index (χ3v) is 3.40. The summed E-state index contributed by atoms with van der Waals surface area (Å²) >= 11 is 0. The van der Waals surface area contributed by atoms with E-state index in [0.717, 1.165) is 12.4 Å². The number of benzene rings is 1. The van der Waals surface area contributed by atoms with Crippen LogP contribution in [0.5, 0.6) is 0 Å². The molecule has 26 heavy (non-hydrogen) atoms. The molecule has 0 aliphatic heterocycles. The van der Waals surface area contributed by atoms with Crippen LogP contribution in [-0.2, 0) is 12.7 Å². The standard InChI is InChI=1S/C17H13F3N4O2/c18-17(19,20)12-5-1-2-6-13(12)24-16(25)14-8-15(23-10-22-14)21-9-11-4-3-7-26-11/h1-8,10H,9H2,(H,24,25)(H,21,22,23). The molecule has 0 unspecified atom stereocenters. The number of nitrogens with zero attached hydrogens (tertiary/aromatic N) is 2. The Morgan fingerprint density at radius 3 is 2.65 bits per heavy atom. The molecule has 0 saturated heterocycles. The predicted molar refractivity (Wildman–Crippen MR) is 87.5 cm³/mol. The van der Waals surface area contributed by atoms with Crippen molar-refractivity contribution in [2.45, 2.75) is 12.7 Å². The summed E-state index contributed by atoms with van der Waals surface area (Å²) in [4.78, 5) is 20.0.